The second-order valence-corrected chi connectivity index (χ2v) is 6.06. The lowest BCUT2D eigenvalue weighted by atomic mass is 10.1. The number of carbonyl (C=O) groups excluding carboxylic acids is 1. The number of thiophene rings is 1. The molecule has 1 unspecified atom stereocenters. The van der Waals surface area contributed by atoms with E-state index in [1.165, 1.54) is 6.07 Å². The van der Waals surface area contributed by atoms with Gasteiger partial charge < -0.3 is 15.4 Å². The van der Waals surface area contributed by atoms with Crippen molar-refractivity contribution in [2.75, 3.05) is 19.7 Å². The minimum atomic E-state index is -4.35. The average Bonchev–Trinajstić information content (AvgIpc) is 3.07. The number of amides is 1. The standard InChI is InChI=1S/C13H17F3N2O2S.ClH/c1-8(18-12(19)9-4-5-17-6-9)10-2-3-11(21-10)20-7-13(14,15)16;/h2-3,8-9,17H,4-7H2,1H3,(H,18,19);1H/t8?,9-;/m0./s1. The SMILES string of the molecule is CC(NC(=O)[C@H]1CCNC1)c1ccc(OCC(F)(F)F)s1.Cl. The first-order chi connectivity index (χ1) is 9.85. The zero-order chi connectivity index (χ0) is 15.5. The molecule has 1 aliphatic heterocycles. The summed E-state index contributed by atoms with van der Waals surface area (Å²) in [7, 11) is 0. The van der Waals surface area contributed by atoms with Crippen LogP contribution in [-0.4, -0.2) is 31.8 Å². The number of carbonyl (C=O) groups is 1. The van der Waals surface area contributed by atoms with Crippen LogP contribution in [0.2, 0.25) is 0 Å². The van der Waals surface area contributed by atoms with Gasteiger partial charge >= 0.3 is 6.18 Å². The topological polar surface area (TPSA) is 50.4 Å². The van der Waals surface area contributed by atoms with Gasteiger partial charge in [-0.1, -0.05) is 0 Å². The number of hydrogen-bond donors (Lipinski definition) is 2. The fourth-order valence-electron chi connectivity index (χ4n) is 2.08. The summed E-state index contributed by atoms with van der Waals surface area (Å²) < 4.78 is 40.9. The van der Waals surface area contributed by atoms with Gasteiger partial charge in [0, 0.05) is 11.4 Å². The third kappa shape index (κ3) is 5.66. The molecular formula is C13H18ClF3N2O2S. The lowest BCUT2D eigenvalue weighted by Crippen LogP contribution is -2.33. The highest BCUT2D eigenvalue weighted by Gasteiger charge is 2.29. The fraction of sp³-hybridized carbons (Fsp3) is 0.615. The van der Waals surface area contributed by atoms with Gasteiger partial charge in [-0.3, -0.25) is 4.79 Å². The molecule has 1 amide bonds. The van der Waals surface area contributed by atoms with E-state index in [1.54, 1.807) is 13.0 Å². The molecule has 0 spiro atoms. The maximum Gasteiger partial charge on any atom is 0.422 e. The molecule has 9 heteroatoms. The molecular weight excluding hydrogens is 341 g/mol. The van der Waals surface area contributed by atoms with Crippen LogP contribution in [0, 0.1) is 5.92 Å². The zero-order valence-electron chi connectivity index (χ0n) is 11.9. The van der Waals surface area contributed by atoms with Crippen molar-refractivity contribution in [3.63, 3.8) is 0 Å². The molecule has 1 aromatic rings. The van der Waals surface area contributed by atoms with Crippen LogP contribution in [0.15, 0.2) is 12.1 Å². The molecule has 2 N–H and O–H groups in total. The molecule has 1 aromatic heterocycles. The maximum atomic E-state index is 12.1. The van der Waals surface area contributed by atoms with Crippen molar-refractivity contribution in [3.8, 4) is 5.06 Å². The van der Waals surface area contributed by atoms with E-state index in [2.05, 4.69) is 15.4 Å². The minimum Gasteiger partial charge on any atom is -0.475 e. The van der Waals surface area contributed by atoms with Crippen molar-refractivity contribution >= 4 is 29.7 Å². The van der Waals surface area contributed by atoms with Crippen molar-refractivity contribution in [1.82, 2.24) is 10.6 Å². The highest BCUT2D eigenvalue weighted by atomic mass is 35.5. The summed E-state index contributed by atoms with van der Waals surface area (Å²) in [5.74, 6) is -0.0629. The van der Waals surface area contributed by atoms with Gasteiger partial charge in [-0.2, -0.15) is 13.2 Å². The van der Waals surface area contributed by atoms with Gasteiger partial charge in [0.1, 0.15) is 0 Å². The first kappa shape index (κ1) is 19.1. The average molecular weight is 359 g/mol. The Morgan fingerprint density at radius 2 is 2.27 bits per heavy atom. The molecule has 1 saturated heterocycles. The van der Waals surface area contributed by atoms with E-state index in [9.17, 15) is 18.0 Å². The second-order valence-electron chi connectivity index (χ2n) is 4.98. The molecule has 4 nitrogen and oxygen atoms in total. The second kappa shape index (κ2) is 8.03. The van der Waals surface area contributed by atoms with E-state index in [1.807, 2.05) is 0 Å². The summed E-state index contributed by atoms with van der Waals surface area (Å²) in [5.41, 5.74) is 0. The first-order valence-electron chi connectivity index (χ1n) is 6.65. The number of halogens is 4. The molecule has 0 aromatic carbocycles. The third-order valence-corrected chi connectivity index (χ3v) is 4.38. The van der Waals surface area contributed by atoms with E-state index >= 15 is 0 Å². The zero-order valence-corrected chi connectivity index (χ0v) is 13.5. The van der Waals surface area contributed by atoms with Gasteiger partial charge in [0.2, 0.25) is 5.91 Å². The van der Waals surface area contributed by atoms with Gasteiger partial charge in [0.25, 0.3) is 0 Å². The third-order valence-electron chi connectivity index (χ3n) is 3.20. The molecule has 22 heavy (non-hydrogen) atoms. The predicted octanol–water partition coefficient (Wildman–Crippen LogP) is 2.90. The van der Waals surface area contributed by atoms with Crippen LogP contribution in [0.3, 0.4) is 0 Å². The van der Waals surface area contributed by atoms with E-state index in [-0.39, 0.29) is 35.3 Å². The van der Waals surface area contributed by atoms with Crippen LogP contribution < -0.4 is 15.4 Å². The molecule has 0 radical (unpaired) electrons. The lowest BCUT2D eigenvalue weighted by molar-refractivity contribution is -0.152. The highest BCUT2D eigenvalue weighted by molar-refractivity contribution is 7.13. The van der Waals surface area contributed by atoms with Crippen molar-refractivity contribution < 1.29 is 22.7 Å². The number of ether oxygens (including phenoxy) is 1. The van der Waals surface area contributed by atoms with Gasteiger partial charge in [-0.05, 0) is 32.0 Å². The highest BCUT2D eigenvalue weighted by Crippen LogP contribution is 2.30. The number of hydrogen-bond acceptors (Lipinski definition) is 4. The van der Waals surface area contributed by atoms with E-state index < -0.39 is 12.8 Å². The Kier molecular flexibility index (Phi) is 6.96. The molecule has 0 aliphatic carbocycles. The molecule has 1 aliphatic rings. The van der Waals surface area contributed by atoms with Gasteiger partial charge in [-0.25, -0.2) is 0 Å². The summed E-state index contributed by atoms with van der Waals surface area (Å²) in [4.78, 5) is 12.7. The number of rotatable bonds is 5. The molecule has 1 fully saturated rings. The van der Waals surface area contributed by atoms with Crippen molar-refractivity contribution in [2.45, 2.75) is 25.6 Å². The normalized spacial score (nSPS) is 19.4. The minimum absolute atomic E-state index is 0. The summed E-state index contributed by atoms with van der Waals surface area (Å²) in [6.45, 7) is 2.00. The Balaban J connectivity index is 0.00000242. The van der Waals surface area contributed by atoms with E-state index in [0.29, 0.717) is 6.54 Å². The summed E-state index contributed by atoms with van der Waals surface area (Å²) >= 11 is 1.11. The first-order valence-corrected chi connectivity index (χ1v) is 7.47. The summed E-state index contributed by atoms with van der Waals surface area (Å²) in [5, 5.41) is 6.19. The van der Waals surface area contributed by atoms with Crippen molar-refractivity contribution in [2.24, 2.45) is 5.92 Å². The Hall–Kier alpha value is -0.990. The molecule has 0 bridgehead atoms. The number of nitrogens with one attached hydrogen (secondary N) is 2. The largest absolute Gasteiger partial charge is 0.475 e. The van der Waals surface area contributed by atoms with Crippen molar-refractivity contribution in [3.05, 3.63) is 17.0 Å². The van der Waals surface area contributed by atoms with Crippen LogP contribution in [0.1, 0.15) is 24.3 Å². The van der Waals surface area contributed by atoms with E-state index in [0.717, 1.165) is 29.2 Å². The van der Waals surface area contributed by atoms with Crippen LogP contribution >= 0.6 is 23.7 Å². The predicted molar refractivity (Wildman–Crippen MR) is 80.7 cm³/mol. The van der Waals surface area contributed by atoms with Gasteiger partial charge in [-0.15, -0.1) is 23.7 Å². The van der Waals surface area contributed by atoms with Crippen LogP contribution in [0.5, 0.6) is 5.06 Å². The van der Waals surface area contributed by atoms with Crippen LogP contribution in [-0.2, 0) is 4.79 Å². The quantitative estimate of drug-likeness (QED) is 0.851. The molecule has 2 heterocycles. The van der Waals surface area contributed by atoms with E-state index in [4.69, 9.17) is 0 Å². The Labute approximate surface area is 136 Å². The van der Waals surface area contributed by atoms with Crippen LogP contribution in [0.25, 0.3) is 0 Å². The molecule has 2 rings (SSSR count). The Morgan fingerprint density at radius 1 is 1.55 bits per heavy atom. The summed E-state index contributed by atoms with van der Waals surface area (Å²) in [6.07, 6.45) is -3.54. The maximum absolute atomic E-state index is 12.1. The molecule has 2 atom stereocenters. The fourth-order valence-corrected chi connectivity index (χ4v) is 2.94. The van der Waals surface area contributed by atoms with Crippen LogP contribution in [0.4, 0.5) is 13.2 Å². The van der Waals surface area contributed by atoms with Gasteiger partial charge in [0.15, 0.2) is 11.7 Å². The number of alkyl halides is 3. The smallest absolute Gasteiger partial charge is 0.422 e. The Bertz CT molecular complexity index is 490. The van der Waals surface area contributed by atoms with Gasteiger partial charge in [0.05, 0.1) is 12.0 Å². The van der Waals surface area contributed by atoms with Crippen molar-refractivity contribution in [1.29, 1.82) is 0 Å². The monoisotopic (exact) mass is 358 g/mol. The molecule has 126 valence electrons. The Morgan fingerprint density at radius 3 is 2.86 bits per heavy atom. The lowest BCUT2D eigenvalue weighted by Gasteiger charge is -2.15. The molecule has 0 saturated carbocycles. The summed E-state index contributed by atoms with van der Waals surface area (Å²) in [6, 6.07) is 2.92.